The fraction of sp³-hybridized carbons (Fsp3) is 0.467. The van der Waals surface area contributed by atoms with Gasteiger partial charge in [-0.3, -0.25) is 4.79 Å². The molecule has 1 aromatic carbocycles. The fourth-order valence-corrected chi connectivity index (χ4v) is 2.92. The molecule has 2 rings (SSSR count). The Morgan fingerprint density at radius 1 is 1.48 bits per heavy atom. The first-order valence-corrected chi connectivity index (χ1v) is 7.86. The number of hydrogen-bond donors (Lipinski definition) is 1. The van der Waals surface area contributed by atoms with Crippen LogP contribution in [0.4, 0.5) is 13.6 Å². The maximum Gasteiger partial charge on any atom is 0.404 e. The van der Waals surface area contributed by atoms with E-state index in [1.165, 1.54) is 0 Å². The van der Waals surface area contributed by atoms with Crippen molar-refractivity contribution in [2.75, 3.05) is 13.2 Å². The third kappa shape index (κ3) is 4.40. The van der Waals surface area contributed by atoms with Gasteiger partial charge in [-0.05, 0) is 31.0 Å². The minimum Gasteiger partial charge on any atom is -0.448 e. The molecule has 1 fully saturated rings. The fourth-order valence-electron chi connectivity index (χ4n) is 2.56. The molecule has 2 N–H and O–H groups in total. The zero-order valence-corrected chi connectivity index (χ0v) is 14.1. The summed E-state index contributed by atoms with van der Waals surface area (Å²) in [7, 11) is 0. The van der Waals surface area contributed by atoms with Gasteiger partial charge < -0.3 is 15.4 Å². The topological polar surface area (TPSA) is 72.6 Å². The summed E-state index contributed by atoms with van der Waals surface area (Å²) in [4.78, 5) is 24.5. The van der Waals surface area contributed by atoms with Crippen molar-refractivity contribution in [1.29, 1.82) is 0 Å². The van der Waals surface area contributed by atoms with Crippen LogP contribution < -0.4 is 5.73 Å². The van der Waals surface area contributed by atoms with Crippen LogP contribution in [0.2, 0.25) is 0 Å². The van der Waals surface area contributed by atoms with Gasteiger partial charge in [-0.15, -0.1) is 0 Å². The molecule has 1 aliphatic heterocycles. The first kappa shape index (κ1) is 17.7. The van der Waals surface area contributed by atoms with E-state index in [0.717, 1.165) is 4.90 Å². The Hall–Kier alpha value is -1.70. The van der Waals surface area contributed by atoms with E-state index in [1.54, 1.807) is 25.1 Å². The molecule has 0 unspecified atom stereocenters. The number of rotatable bonds is 3. The molecule has 0 bridgehead atoms. The number of carbonyl (C=O) groups excluding carboxylic acids is 2. The smallest absolute Gasteiger partial charge is 0.404 e. The number of benzene rings is 1. The van der Waals surface area contributed by atoms with Gasteiger partial charge >= 0.3 is 6.09 Å². The van der Waals surface area contributed by atoms with Crippen molar-refractivity contribution in [2.45, 2.75) is 31.7 Å². The Bertz CT molecular complexity index is 625. The molecule has 1 atom stereocenters. The molecule has 2 amide bonds. The Kier molecular flexibility index (Phi) is 5.23. The van der Waals surface area contributed by atoms with Gasteiger partial charge in [-0.2, -0.15) is 0 Å². The van der Waals surface area contributed by atoms with Gasteiger partial charge in [-0.25, -0.2) is 13.6 Å². The summed E-state index contributed by atoms with van der Waals surface area (Å²) in [6.45, 7) is 0.839. The molecule has 1 saturated heterocycles. The largest absolute Gasteiger partial charge is 0.448 e. The monoisotopic (exact) mass is 390 g/mol. The molecule has 23 heavy (non-hydrogen) atoms. The minimum absolute atomic E-state index is 0.0407. The average Bonchev–Trinajstić information content (AvgIpc) is 2.47. The number of nitrogens with two attached hydrogens (primary N) is 1. The molecule has 0 aromatic heterocycles. The van der Waals surface area contributed by atoms with Crippen LogP contribution in [0, 0.1) is 6.92 Å². The lowest BCUT2D eigenvalue weighted by molar-refractivity contribution is -0.0787. The van der Waals surface area contributed by atoms with Gasteiger partial charge in [0.05, 0.1) is 12.6 Å². The summed E-state index contributed by atoms with van der Waals surface area (Å²) < 4.78 is 32.9. The van der Waals surface area contributed by atoms with E-state index in [4.69, 9.17) is 10.5 Å². The number of piperidine rings is 1. The van der Waals surface area contributed by atoms with E-state index in [2.05, 4.69) is 15.9 Å². The number of alkyl halides is 2. The van der Waals surface area contributed by atoms with Gasteiger partial charge in [0.25, 0.3) is 11.8 Å². The Balaban J connectivity index is 2.27. The van der Waals surface area contributed by atoms with E-state index < -0.39 is 30.5 Å². The highest BCUT2D eigenvalue weighted by Crippen LogP contribution is 2.32. The summed E-state index contributed by atoms with van der Waals surface area (Å²) in [6, 6.07) is 4.48. The molecule has 0 aliphatic carbocycles. The Morgan fingerprint density at radius 3 is 2.83 bits per heavy atom. The maximum atomic E-state index is 13.7. The van der Waals surface area contributed by atoms with E-state index >= 15 is 0 Å². The number of hydrogen-bond acceptors (Lipinski definition) is 3. The van der Waals surface area contributed by atoms with Crippen LogP contribution in [0.15, 0.2) is 22.7 Å². The van der Waals surface area contributed by atoms with Gasteiger partial charge in [0.2, 0.25) is 0 Å². The molecule has 126 valence electrons. The summed E-state index contributed by atoms with van der Waals surface area (Å²) in [5, 5.41) is 0. The predicted molar refractivity (Wildman–Crippen MR) is 83.4 cm³/mol. The maximum absolute atomic E-state index is 13.7. The van der Waals surface area contributed by atoms with Gasteiger partial charge in [0, 0.05) is 16.5 Å². The zero-order chi connectivity index (χ0) is 17.2. The van der Waals surface area contributed by atoms with Crippen LogP contribution in [0.1, 0.15) is 28.8 Å². The van der Waals surface area contributed by atoms with Crippen LogP contribution in [0.25, 0.3) is 0 Å². The van der Waals surface area contributed by atoms with Crippen molar-refractivity contribution in [3.63, 3.8) is 0 Å². The molecule has 0 spiro atoms. The number of nitrogens with zero attached hydrogens (tertiary/aromatic N) is 1. The van der Waals surface area contributed by atoms with Gasteiger partial charge in [-0.1, -0.05) is 22.0 Å². The van der Waals surface area contributed by atoms with Crippen molar-refractivity contribution in [1.82, 2.24) is 4.90 Å². The quantitative estimate of drug-likeness (QED) is 0.861. The Morgan fingerprint density at radius 2 is 2.17 bits per heavy atom. The van der Waals surface area contributed by atoms with E-state index in [0.29, 0.717) is 15.6 Å². The zero-order valence-electron chi connectivity index (χ0n) is 12.5. The number of likely N-dealkylation sites (tertiary alicyclic amines) is 1. The number of amides is 2. The summed E-state index contributed by atoms with van der Waals surface area (Å²) >= 11 is 3.27. The summed E-state index contributed by atoms with van der Waals surface area (Å²) in [5.74, 6) is -3.47. The van der Waals surface area contributed by atoms with Crippen molar-refractivity contribution in [3.8, 4) is 0 Å². The second-order valence-corrected chi connectivity index (χ2v) is 6.49. The molecular weight excluding hydrogens is 374 g/mol. The molecule has 1 heterocycles. The minimum atomic E-state index is -2.96. The average molecular weight is 391 g/mol. The third-order valence-electron chi connectivity index (χ3n) is 3.79. The summed E-state index contributed by atoms with van der Waals surface area (Å²) in [5.41, 5.74) is 5.94. The second kappa shape index (κ2) is 6.82. The van der Waals surface area contributed by atoms with Gasteiger partial charge in [0.1, 0.15) is 6.61 Å². The second-order valence-electron chi connectivity index (χ2n) is 5.57. The molecule has 1 aromatic rings. The third-order valence-corrected chi connectivity index (χ3v) is 4.29. The molecule has 5 nitrogen and oxygen atoms in total. The number of aryl methyl sites for hydroxylation is 1. The van der Waals surface area contributed by atoms with Crippen LogP contribution >= 0.6 is 15.9 Å². The molecule has 1 aliphatic rings. The van der Waals surface area contributed by atoms with Crippen molar-refractivity contribution >= 4 is 27.9 Å². The van der Waals surface area contributed by atoms with Crippen molar-refractivity contribution in [2.24, 2.45) is 5.73 Å². The lowest BCUT2D eigenvalue weighted by Gasteiger charge is -2.39. The predicted octanol–water partition coefficient (Wildman–Crippen LogP) is 3.09. The first-order valence-electron chi connectivity index (χ1n) is 7.07. The normalized spacial score (nSPS) is 20.2. The Labute approximate surface area is 140 Å². The lowest BCUT2D eigenvalue weighted by Crippen LogP contribution is -2.53. The lowest BCUT2D eigenvalue weighted by atomic mass is 9.97. The van der Waals surface area contributed by atoms with Crippen molar-refractivity contribution in [3.05, 3.63) is 33.8 Å². The SMILES string of the molecule is Cc1ccc(Br)cc1C(=O)N1CC(F)(F)CC[C@@H]1COC(N)=O. The number of primary amides is 1. The van der Waals surface area contributed by atoms with Crippen LogP contribution in [-0.4, -0.2) is 42.0 Å². The molecule has 8 heteroatoms. The highest BCUT2D eigenvalue weighted by molar-refractivity contribution is 9.10. The standard InChI is InChI=1S/C15H17BrF2N2O3/c1-9-2-3-10(16)6-12(9)13(21)20-8-15(17,18)5-4-11(20)7-23-14(19)22/h2-3,6,11H,4-5,7-8H2,1H3,(H2,19,22)/t11-/m1/s1. The van der Waals surface area contributed by atoms with E-state index in [9.17, 15) is 18.4 Å². The summed E-state index contributed by atoms with van der Waals surface area (Å²) in [6.07, 6.45) is -1.31. The number of carbonyl (C=O) groups is 2. The van der Waals surface area contributed by atoms with Crippen molar-refractivity contribution < 1.29 is 23.1 Å². The first-order chi connectivity index (χ1) is 10.7. The molecule has 0 radical (unpaired) electrons. The van der Waals surface area contributed by atoms with Crippen LogP contribution in [0.3, 0.4) is 0 Å². The highest BCUT2D eigenvalue weighted by Gasteiger charge is 2.42. The number of halogens is 3. The van der Waals surface area contributed by atoms with Gasteiger partial charge in [0.15, 0.2) is 0 Å². The molecular formula is C15H17BrF2N2O3. The number of ether oxygens (including phenoxy) is 1. The van der Waals surface area contributed by atoms with Crippen LogP contribution in [-0.2, 0) is 4.74 Å². The molecule has 0 saturated carbocycles. The van der Waals surface area contributed by atoms with Crippen LogP contribution in [0.5, 0.6) is 0 Å². The van der Waals surface area contributed by atoms with E-state index in [1.807, 2.05) is 0 Å². The van der Waals surface area contributed by atoms with E-state index in [-0.39, 0.29) is 19.4 Å². The highest BCUT2D eigenvalue weighted by atomic mass is 79.9.